The van der Waals surface area contributed by atoms with Crippen molar-refractivity contribution in [1.29, 1.82) is 0 Å². The predicted molar refractivity (Wildman–Crippen MR) is 117 cm³/mol. The predicted octanol–water partition coefficient (Wildman–Crippen LogP) is 7.96. The largest absolute Gasteiger partial charge is 0.478 e. The highest BCUT2D eigenvalue weighted by Gasteiger charge is 2.02. The van der Waals surface area contributed by atoms with E-state index in [-0.39, 0.29) is 0 Å². The van der Waals surface area contributed by atoms with Gasteiger partial charge in [0.2, 0.25) is 0 Å². The molecule has 0 bridgehead atoms. The van der Waals surface area contributed by atoms with E-state index in [0.717, 1.165) is 18.4 Å². The maximum absolute atomic E-state index is 11.0. The molecule has 0 fully saturated rings. The third-order valence-corrected chi connectivity index (χ3v) is 5.15. The van der Waals surface area contributed by atoms with Gasteiger partial charge in [0.25, 0.3) is 0 Å². The van der Waals surface area contributed by atoms with Gasteiger partial charge in [-0.3, -0.25) is 0 Å². The van der Waals surface area contributed by atoms with Crippen LogP contribution in [-0.2, 0) is 6.42 Å². The van der Waals surface area contributed by atoms with Crippen molar-refractivity contribution in [1.82, 2.24) is 0 Å². The van der Waals surface area contributed by atoms with Crippen LogP contribution in [0.4, 0.5) is 0 Å². The van der Waals surface area contributed by atoms with Gasteiger partial charge < -0.3 is 5.11 Å². The fourth-order valence-electron chi connectivity index (χ4n) is 3.44. The Morgan fingerprint density at radius 2 is 1.37 bits per heavy atom. The van der Waals surface area contributed by atoms with Crippen LogP contribution in [0, 0.1) is 0 Å². The molecule has 1 N–H and O–H groups in total. The van der Waals surface area contributed by atoms with E-state index < -0.39 is 5.97 Å². The first kappa shape index (κ1) is 23.5. The molecule has 0 atom stereocenters. The van der Waals surface area contributed by atoms with E-state index in [0.29, 0.717) is 5.56 Å². The molecular formula is C25H40O2. The normalized spacial score (nSPS) is 11.3. The second kappa shape index (κ2) is 16.6. The number of hydrogen-bond acceptors (Lipinski definition) is 1. The molecule has 0 spiro atoms. The zero-order chi connectivity index (χ0) is 19.6. The van der Waals surface area contributed by atoms with E-state index in [9.17, 15) is 4.79 Å². The Kier molecular flexibility index (Phi) is 14.4. The Balaban J connectivity index is 1.89. The number of hydrogen-bond donors (Lipinski definition) is 1. The van der Waals surface area contributed by atoms with Crippen LogP contribution in [0.3, 0.4) is 0 Å². The standard InChI is InChI=1S/C25H40O2/c1-2-3-4-5-6-7-8-9-10-11-12-13-14-15-16-17-19-23-20-18-21-24(22-23)25(26)27/h11-12,18,20-22H,2-10,13-17,19H2,1H3,(H,26,27). The van der Waals surface area contributed by atoms with Crippen molar-refractivity contribution in [2.24, 2.45) is 0 Å². The topological polar surface area (TPSA) is 37.3 Å². The number of rotatable bonds is 17. The van der Waals surface area contributed by atoms with Crippen molar-refractivity contribution < 1.29 is 9.90 Å². The number of aromatic carboxylic acids is 1. The van der Waals surface area contributed by atoms with Gasteiger partial charge in [0.15, 0.2) is 0 Å². The Morgan fingerprint density at radius 3 is 1.96 bits per heavy atom. The second-order valence-corrected chi connectivity index (χ2v) is 7.69. The molecule has 0 aliphatic heterocycles. The fraction of sp³-hybridized carbons (Fsp3) is 0.640. The van der Waals surface area contributed by atoms with Gasteiger partial charge in [-0.2, -0.15) is 0 Å². The van der Waals surface area contributed by atoms with Crippen LogP contribution in [-0.4, -0.2) is 11.1 Å². The van der Waals surface area contributed by atoms with Crippen molar-refractivity contribution in [3.05, 3.63) is 47.5 Å². The maximum Gasteiger partial charge on any atom is 0.335 e. The van der Waals surface area contributed by atoms with Crippen LogP contribution in [0.2, 0.25) is 0 Å². The Labute approximate surface area is 167 Å². The average molecular weight is 373 g/mol. The van der Waals surface area contributed by atoms with Gasteiger partial charge >= 0.3 is 5.97 Å². The number of carboxylic acid groups (broad SMARTS) is 1. The van der Waals surface area contributed by atoms with Crippen LogP contribution in [0.15, 0.2) is 36.4 Å². The first-order valence-electron chi connectivity index (χ1n) is 11.2. The molecule has 0 aliphatic rings. The Morgan fingerprint density at radius 1 is 0.815 bits per heavy atom. The lowest BCUT2D eigenvalue weighted by molar-refractivity contribution is 0.0696. The number of carboxylic acids is 1. The lowest BCUT2D eigenvalue weighted by Crippen LogP contribution is -1.97. The Bertz CT molecular complexity index is 519. The van der Waals surface area contributed by atoms with Crippen molar-refractivity contribution in [3.63, 3.8) is 0 Å². The zero-order valence-electron chi connectivity index (χ0n) is 17.4. The van der Waals surface area contributed by atoms with Crippen LogP contribution in [0.1, 0.15) is 113 Å². The summed E-state index contributed by atoms with van der Waals surface area (Å²) in [6, 6.07) is 7.33. The second-order valence-electron chi connectivity index (χ2n) is 7.69. The molecule has 1 aromatic rings. The number of carbonyl (C=O) groups is 1. The molecule has 0 heterocycles. The van der Waals surface area contributed by atoms with Crippen molar-refractivity contribution in [2.75, 3.05) is 0 Å². The molecule has 0 radical (unpaired) electrons. The van der Waals surface area contributed by atoms with Crippen LogP contribution in [0.25, 0.3) is 0 Å². The number of unbranched alkanes of at least 4 members (excludes halogenated alkanes) is 12. The van der Waals surface area contributed by atoms with Gasteiger partial charge in [0.1, 0.15) is 0 Å². The minimum Gasteiger partial charge on any atom is -0.478 e. The summed E-state index contributed by atoms with van der Waals surface area (Å²) in [5.74, 6) is -0.837. The number of aryl methyl sites for hydroxylation is 1. The van der Waals surface area contributed by atoms with E-state index in [1.54, 1.807) is 12.1 Å². The van der Waals surface area contributed by atoms with Crippen molar-refractivity contribution in [3.8, 4) is 0 Å². The molecule has 2 nitrogen and oxygen atoms in total. The lowest BCUT2D eigenvalue weighted by Gasteiger charge is -2.03. The summed E-state index contributed by atoms with van der Waals surface area (Å²) in [6.07, 6.45) is 24.2. The molecule has 0 saturated carbocycles. The van der Waals surface area contributed by atoms with Crippen molar-refractivity contribution >= 4 is 5.97 Å². The molecule has 0 saturated heterocycles. The van der Waals surface area contributed by atoms with Gasteiger partial charge in [0, 0.05) is 0 Å². The molecule has 1 rings (SSSR count). The fourth-order valence-corrected chi connectivity index (χ4v) is 3.44. The van der Waals surface area contributed by atoms with Crippen LogP contribution < -0.4 is 0 Å². The summed E-state index contributed by atoms with van der Waals surface area (Å²) in [6.45, 7) is 2.27. The van der Waals surface area contributed by atoms with E-state index in [1.807, 2.05) is 12.1 Å². The smallest absolute Gasteiger partial charge is 0.335 e. The minimum atomic E-state index is -0.837. The number of benzene rings is 1. The number of allylic oxidation sites excluding steroid dienone is 2. The maximum atomic E-state index is 11.0. The van der Waals surface area contributed by atoms with Crippen molar-refractivity contribution in [2.45, 2.75) is 103 Å². The zero-order valence-corrected chi connectivity index (χ0v) is 17.4. The highest BCUT2D eigenvalue weighted by Crippen LogP contribution is 2.12. The van der Waals surface area contributed by atoms with E-state index >= 15 is 0 Å². The van der Waals surface area contributed by atoms with Crippen LogP contribution >= 0.6 is 0 Å². The SMILES string of the molecule is CCCCCCCCCCC=CCCCCCCc1cccc(C(=O)O)c1. The molecule has 0 aliphatic carbocycles. The molecule has 152 valence electrons. The molecule has 0 aromatic heterocycles. The van der Waals surface area contributed by atoms with Gasteiger partial charge in [0.05, 0.1) is 5.56 Å². The third-order valence-electron chi connectivity index (χ3n) is 5.15. The first-order valence-corrected chi connectivity index (χ1v) is 11.2. The third kappa shape index (κ3) is 13.3. The van der Waals surface area contributed by atoms with Gasteiger partial charge in [-0.1, -0.05) is 89.0 Å². The van der Waals surface area contributed by atoms with Gasteiger partial charge in [-0.25, -0.2) is 4.79 Å². The van der Waals surface area contributed by atoms with Crippen LogP contribution in [0.5, 0.6) is 0 Å². The molecule has 0 unspecified atom stereocenters. The molecule has 2 heteroatoms. The van der Waals surface area contributed by atoms with E-state index in [2.05, 4.69) is 19.1 Å². The molecule has 0 amide bonds. The average Bonchev–Trinajstić information content (AvgIpc) is 2.68. The van der Waals surface area contributed by atoms with Gasteiger partial charge in [-0.05, 0) is 56.2 Å². The minimum absolute atomic E-state index is 0.397. The van der Waals surface area contributed by atoms with E-state index in [1.165, 1.54) is 83.5 Å². The van der Waals surface area contributed by atoms with Gasteiger partial charge in [-0.15, -0.1) is 0 Å². The summed E-state index contributed by atoms with van der Waals surface area (Å²) in [7, 11) is 0. The molecule has 1 aromatic carbocycles. The monoisotopic (exact) mass is 372 g/mol. The Hall–Kier alpha value is -1.57. The highest BCUT2D eigenvalue weighted by atomic mass is 16.4. The highest BCUT2D eigenvalue weighted by molar-refractivity contribution is 5.87. The lowest BCUT2D eigenvalue weighted by atomic mass is 10.0. The summed E-state index contributed by atoms with van der Waals surface area (Å²) < 4.78 is 0. The molecule has 27 heavy (non-hydrogen) atoms. The summed E-state index contributed by atoms with van der Waals surface area (Å²) in [5.41, 5.74) is 1.54. The summed E-state index contributed by atoms with van der Waals surface area (Å²) >= 11 is 0. The first-order chi connectivity index (χ1) is 13.2. The summed E-state index contributed by atoms with van der Waals surface area (Å²) in [4.78, 5) is 11.0. The molecular weight excluding hydrogens is 332 g/mol. The quantitative estimate of drug-likeness (QED) is 0.222. The summed E-state index contributed by atoms with van der Waals surface area (Å²) in [5, 5.41) is 9.02. The van der Waals surface area contributed by atoms with E-state index in [4.69, 9.17) is 5.11 Å².